The van der Waals surface area contributed by atoms with E-state index in [-0.39, 0.29) is 0 Å². The lowest BCUT2D eigenvalue weighted by atomic mass is 10.1. The lowest BCUT2D eigenvalue weighted by Crippen LogP contribution is -1.98. The zero-order valence-corrected chi connectivity index (χ0v) is 12.8. The standard InChI is InChI=1S/C12H9BrCl2OS/c1-6-4-9(13)12(17-6)11(16)8-5-7(14)2-3-10(8)15/h2-5,11,16H,1H3. The normalized spacial score (nSPS) is 12.8. The quantitative estimate of drug-likeness (QED) is 0.787. The minimum Gasteiger partial charge on any atom is -0.383 e. The van der Waals surface area contributed by atoms with Crippen LogP contribution in [0.15, 0.2) is 28.7 Å². The van der Waals surface area contributed by atoms with E-state index in [2.05, 4.69) is 15.9 Å². The topological polar surface area (TPSA) is 20.2 Å². The first-order valence-electron chi connectivity index (χ1n) is 4.88. The number of aliphatic hydroxyl groups excluding tert-OH is 1. The van der Waals surface area contributed by atoms with E-state index in [9.17, 15) is 5.11 Å². The maximum Gasteiger partial charge on any atom is 0.116 e. The molecule has 1 heterocycles. The average molecular weight is 352 g/mol. The van der Waals surface area contributed by atoms with Gasteiger partial charge < -0.3 is 5.11 Å². The summed E-state index contributed by atoms with van der Waals surface area (Å²) in [5, 5.41) is 11.4. The van der Waals surface area contributed by atoms with Crippen LogP contribution in [0.1, 0.15) is 21.4 Å². The summed E-state index contributed by atoms with van der Waals surface area (Å²) < 4.78 is 0.892. The highest BCUT2D eigenvalue weighted by molar-refractivity contribution is 9.10. The van der Waals surface area contributed by atoms with Gasteiger partial charge in [0.05, 0.1) is 4.88 Å². The number of thiophene rings is 1. The van der Waals surface area contributed by atoms with Gasteiger partial charge in [-0.05, 0) is 47.1 Å². The molecule has 1 N–H and O–H groups in total. The molecule has 1 atom stereocenters. The van der Waals surface area contributed by atoms with E-state index >= 15 is 0 Å². The molecule has 0 aliphatic heterocycles. The molecule has 0 radical (unpaired) electrons. The Balaban J connectivity index is 2.46. The molecule has 1 aromatic carbocycles. The summed E-state index contributed by atoms with van der Waals surface area (Å²) in [6.07, 6.45) is -0.755. The smallest absolute Gasteiger partial charge is 0.116 e. The highest BCUT2D eigenvalue weighted by Gasteiger charge is 2.19. The van der Waals surface area contributed by atoms with Crippen molar-refractivity contribution in [3.05, 3.63) is 54.1 Å². The van der Waals surface area contributed by atoms with Crippen molar-refractivity contribution in [1.82, 2.24) is 0 Å². The fraction of sp³-hybridized carbons (Fsp3) is 0.167. The number of halogens is 3. The monoisotopic (exact) mass is 350 g/mol. The van der Waals surface area contributed by atoms with Gasteiger partial charge in [0, 0.05) is 25.0 Å². The van der Waals surface area contributed by atoms with Crippen LogP contribution in [0, 0.1) is 6.92 Å². The van der Waals surface area contributed by atoms with Gasteiger partial charge in [0.2, 0.25) is 0 Å². The first kappa shape index (κ1) is 13.4. The first-order valence-corrected chi connectivity index (χ1v) is 7.24. The molecule has 0 bridgehead atoms. The largest absolute Gasteiger partial charge is 0.383 e. The molecular formula is C12H9BrCl2OS. The zero-order chi connectivity index (χ0) is 12.6. The minimum absolute atomic E-state index is 0.514. The summed E-state index contributed by atoms with van der Waals surface area (Å²) in [5.41, 5.74) is 0.627. The number of hydrogen-bond donors (Lipinski definition) is 1. The van der Waals surface area contributed by atoms with Gasteiger partial charge in [-0.2, -0.15) is 0 Å². The molecule has 17 heavy (non-hydrogen) atoms. The number of aliphatic hydroxyl groups is 1. The molecule has 0 saturated heterocycles. The fourth-order valence-electron chi connectivity index (χ4n) is 1.55. The number of benzene rings is 1. The molecule has 0 fully saturated rings. The van der Waals surface area contributed by atoms with Crippen LogP contribution < -0.4 is 0 Å². The molecule has 1 aromatic heterocycles. The SMILES string of the molecule is Cc1cc(Br)c(C(O)c2cc(Cl)ccc2Cl)s1. The highest BCUT2D eigenvalue weighted by Crippen LogP contribution is 2.38. The summed E-state index contributed by atoms with van der Waals surface area (Å²) >= 11 is 17.0. The van der Waals surface area contributed by atoms with Crippen molar-refractivity contribution in [3.63, 3.8) is 0 Å². The Morgan fingerprint density at radius 1 is 1.29 bits per heavy atom. The van der Waals surface area contributed by atoms with Crippen molar-refractivity contribution in [2.24, 2.45) is 0 Å². The molecule has 0 aliphatic carbocycles. The van der Waals surface area contributed by atoms with Gasteiger partial charge in [-0.15, -0.1) is 11.3 Å². The van der Waals surface area contributed by atoms with Crippen molar-refractivity contribution in [1.29, 1.82) is 0 Å². The van der Waals surface area contributed by atoms with Gasteiger partial charge in [-0.3, -0.25) is 0 Å². The Hall–Kier alpha value is -0.0600. The van der Waals surface area contributed by atoms with Crippen molar-refractivity contribution >= 4 is 50.5 Å². The van der Waals surface area contributed by atoms with Gasteiger partial charge in [-0.1, -0.05) is 23.2 Å². The molecular weight excluding hydrogens is 343 g/mol. The van der Waals surface area contributed by atoms with Crippen LogP contribution in [-0.2, 0) is 0 Å². The maximum absolute atomic E-state index is 10.3. The van der Waals surface area contributed by atoms with E-state index in [1.165, 1.54) is 11.3 Å². The zero-order valence-electron chi connectivity index (χ0n) is 8.88. The van der Waals surface area contributed by atoms with Crippen LogP contribution in [0.4, 0.5) is 0 Å². The molecule has 0 saturated carbocycles. The van der Waals surface area contributed by atoms with Crippen LogP contribution in [0.25, 0.3) is 0 Å². The van der Waals surface area contributed by atoms with E-state index in [0.717, 1.165) is 14.2 Å². The Labute approximate surface area is 122 Å². The summed E-state index contributed by atoms with van der Waals surface area (Å²) in [6.45, 7) is 1.99. The average Bonchev–Trinajstić information content (AvgIpc) is 2.60. The van der Waals surface area contributed by atoms with E-state index in [4.69, 9.17) is 23.2 Å². The van der Waals surface area contributed by atoms with E-state index in [1.807, 2.05) is 13.0 Å². The maximum atomic E-state index is 10.3. The third kappa shape index (κ3) is 2.85. The Bertz CT molecular complexity index is 553. The van der Waals surface area contributed by atoms with Gasteiger partial charge in [0.15, 0.2) is 0 Å². The van der Waals surface area contributed by atoms with Crippen LogP contribution in [0.3, 0.4) is 0 Å². The van der Waals surface area contributed by atoms with Crippen LogP contribution in [0.5, 0.6) is 0 Å². The van der Waals surface area contributed by atoms with Gasteiger partial charge in [0.25, 0.3) is 0 Å². The second-order valence-corrected chi connectivity index (χ2v) is 6.62. The number of rotatable bonds is 2. The highest BCUT2D eigenvalue weighted by atomic mass is 79.9. The lowest BCUT2D eigenvalue weighted by Gasteiger charge is -2.12. The molecule has 2 rings (SSSR count). The molecule has 2 aromatic rings. The Morgan fingerprint density at radius 2 is 2.00 bits per heavy atom. The van der Waals surface area contributed by atoms with E-state index in [0.29, 0.717) is 15.6 Å². The van der Waals surface area contributed by atoms with Crippen molar-refractivity contribution in [3.8, 4) is 0 Å². The fourth-order valence-corrected chi connectivity index (χ4v) is 3.83. The molecule has 0 aliphatic rings. The first-order chi connectivity index (χ1) is 7.99. The molecule has 5 heteroatoms. The summed E-state index contributed by atoms with van der Waals surface area (Å²) in [6, 6.07) is 7.06. The third-order valence-electron chi connectivity index (χ3n) is 2.34. The molecule has 1 unspecified atom stereocenters. The van der Waals surface area contributed by atoms with E-state index < -0.39 is 6.10 Å². The second-order valence-electron chi connectivity index (χ2n) is 3.64. The summed E-state index contributed by atoms with van der Waals surface area (Å²) in [5.74, 6) is 0. The lowest BCUT2D eigenvalue weighted by molar-refractivity contribution is 0.223. The number of hydrogen-bond acceptors (Lipinski definition) is 2. The molecule has 1 nitrogen and oxygen atoms in total. The number of aryl methyl sites for hydroxylation is 1. The van der Waals surface area contributed by atoms with E-state index in [1.54, 1.807) is 18.2 Å². The third-order valence-corrected chi connectivity index (χ3v) is 4.94. The van der Waals surface area contributed by atoms with Crippen molar-refractivity contribution in [2.75, 3.05) is 0 Å². The Kier molecular flexibility index (Phi) is 4.16. The van der Waals surface area contributed by atoms with Crippen LogP contribution in [-0.4, -0.2) is 5.11 Å². The predicted molar refractivity (Wildman–Crippen MR) is 77.3 cm³/mol. The van der Waals surface area contributed by atoms with Crippen molar-refractivity contribution < 1.29 is 5.11 Å². The minimum atomic E-state index is -0.755. The molecule has 90 valence electrons. The molecule has 0 spiro atoms. The summed E-state index contributed by atoms with van der Waals surface area (Å²) in [7, 11) is 0. The van der Waals surface area contributed by atoms with Gasteiger partial charge in [-0.25, -0.2) is 0 Å². The van der Waals surface area contributed by atoms with Gasteiger partial charge in [0.1, 0.15) is 6.10 Å². The molecule has 0 amide bonds. The predicted octanol–water partition coefficient (Wildman–Crippen LogP) is 5.21. The van der Waals surface area contributed by atoms with Crippen molar-refractivity contribution in [2.45, 2.75) is 13.0 Å². The van der Waals surface area contributed by atoms with Crippen LogP contribution in [0.2, 0.25) is 10.0 Å². The van der Waals surface area contributed by atoms with Crippen LogP contribution >= 0.6 is 50.5 Å². The second kappa shape index (κ2) is 5.29. The Morgan fingerprint density at radius 3 is 2.59 bits per heavy atom. The summed E-state index contributed by atoms with van der Waals surface area (Å²) in [4.78, 5) is 1.97. The van der Waals surface area contributed by atoms with Gasteiger partial charge >= 0.3 is 0 Å².